The molecule has 26 heavy (non-hydrogen) atoms. The number of rotatable bonds is 3. The van der Waals surface area contributed by atoms with E-state index in [0.29, 0.717) is 5.92 Å². The molecule has 0 spiro atoms. The van der Waals surface area contributed by atoms with Crippen LogP contribution in [-0.2, 0) is 12.8 Å². The lowest BCUT2D eigenvalue weighted by molar-refractivity contribution is -0.384. The van der Waals surface area contributed by atoms with Crippen molar-refractivity contribution in [3.63, 3.8) is 0 Å². The first-order chi connectivity index (χ1) is 12.5. The monoisotopic (exact) mass is 369 g/mol. The van der Waals surface area contributed by atoms with E-state index in [2.05, 4.69) is 17.6 Å². The molecule has 1 amide bonds. The zero-order chi connectivity index (χ0) is 18.3. The van der Waals surface area contributed by atoms with Gasteiger partial charge in [0.05, 0.1) is 10.5 Å². The Morgan fingerprint density at radius 3 is 2.77 bits per heavy atom. The van der Waals surface area contributed by atoms with Gasteiger partial charge in [-0.15, -0.1) is 11.3 Å². The molecule has 0 saturated heterocycles. The third-order valence-electron chi connectivity index (χ3n) is 4.90. The molecule has 2 unspecified atom stereocenters. The molecule has 7 heteroatoms. The number of nitrogens with zero attached hydrogens (tertiary/aromatic N) is 1. The fourth-order valence-corrected chi connectivity index (χ4v) is 4.94. The second kappa shape index (κ2) is 6.57. The zero-order valence-electron chi connectivity index (χ0n) is 14.3. The average molecular weight is 369 g/mol. The number of hydrogen-bond acceptors (Lipinski definition) is 5. The van der Waals surface area contributed by atoms with Crippen molar-refractivity contribution in [1.29, 1.82) is 0 Å². The van der Waals surface area contributed by atoms with Crippen molar-refractivity contribution < 1.29 is 9.72 Å². The molecule has 134 valence electrons. The number of non-ortho nitro benzene ring substituents is 1. The van der Waals surface area contributed by atoms with Crippen molar-refractivity contribution in [3.8, 4) is 0 Å². The molecule has 0 radical (unpaired) electrons. The van der Waals surface area contributed by atoms with Gasteiger partial charge in [0.15, 0.2) is 0 Å². The Balaban J connectivity index is 1.52. The van der Waals surface area contributed by atoms with Gasteiger partial charge in [0.1, 0.15) is 11.2 Å². The average Bonchev–Trinajstić information content (AvgIpc) is 2.98. The van der Waals surface area contributed by atoms with Gasteiger partial charge < -0.3 is 10.6 Å². The van der Waals surface area contributed by atoms with Crippen LogP contribution in [0.2, 0.25) is 0 Å². The van der Waals surface area contributed by atoms with Crippen LogP contribution < -0.4 is 10.6 Å². The first-order valence-corrected chi connectivity index (χ1v) is 9.47. The second-order valence-electron chi connectivity index (χ2n) is 6.86. The Hall–Kier alpha value is -2.67. The van der Waals surface area contributed by atoms with Crippen LogP contribution in [0.4, 0.5) is 10.7 Å². The molecule has 6 nitrogen and oxygen atoms in total. The number of thiophene rings is 1. The largest absolute Gasteiger partial charge is 0.353 e. The number of fused-ring (bicyclic) bond motifs is 3. The van der Waals surface area contributed by atoms with Crippen LogP contribution in [-0.4, -0.2) is 17.0 Å². The van der Waals surface area contributed by atoms with E-state index in [1.165, 1.54) is 22.6 Å². The van der Waals surface area contributed by atoms with Crippen LogP contribution >= 0.6 is 11.3 Å². The fraction of sp³-hybridized carbons (Fsp3) is 0.316. The first-order valence-electron chi connectivity index (χ1n) is 8.66. The van der Waals surface area contributed by atoms with Gasteiger partial charge in [-0.2, -0.15) is 0 Å². The molecule has 0 fully saturated rings. The second-order valence-corrected chi connectivity index (χ2v) is 7.96. The van der Waals surface area contributed by atoms with Crippen LogP contribution in [0.15, 0.2) is 30.3 Å². The molecule has 2 heterocycles. The molecule has 4 rings (SSSR count). The van der Waals surface area contributed by atoms with Gasteiger partial charge in [-0.05, 0) is 54.5 Å². The molecule has 2 atom stereocenters. The van der Waals surface area contributed by atoms with E-state index in [0.717, 1.165) is 35.4 Å². The Morgan fingerprint density at radius 1 is 1.27 bits per heavy atom. The van der Waals surface area contributed by atoms with E-state index >= 15 is 0 Å². The predicted octanol–water partition coefficient (Wildman–Crippen LogP) is 3.98. The Morgan fingerprint density at radius 2 is 2.04 bits per heavy atom. The molecule has 1 aromatic heterocycles. The highest BCUT2D eigenvalue weighted by Gasteiger charge is 2.31. The van der Waals surface area contributed by atoms with Crippen molar-refractivity contribution >= 4 is 34.0 Å². The molecule has 1 aliphatic carbocycles. The zero-order valence-corrected chi connectivity index (χ0v) is 15.1. The number of nitro groups is 1. The highest BCUT2D eigenvalue weighted by molar-refractivity contribution is 7.16. The third-order valence-corrected chi connectivity index (χ3v) is 6.08. The number of anilines is 1. The maximum Gasteiger partial charge on any atom is 0.269 e. The van der Waals surface area contributed by atoms with E-state index in [1.807, 2.05) is 12.2 Å². The predicted molar refractivity (Wildman–Crippen MR) is 103 cm³/mol. The number of carbonyl (C=O) groups is 1. The van der Waals surface area contributed by atoms with Crippen molar-refractivity contribution in [2.45, 2.75) is 32.4 Å². The lowest BCUT2D eigenvalue weighted by Crippen LogP contribution is -2.43. The van der Waals surface area contributed by atoms with Gasteiger partial charge in [-0.3, -0.25) is 14.9 Å². The normalized spacial score (nSPS) is 21.7. The summed E-state index contributed by atoms with van der Waals surface area (Å²) in [6.45, 7) is 2.25. The van der Waals surface area contributed by atoms with E-state index in [9.17, 15) is 14.9 Å². The molecule has 2 aromatic rings. The highest BCUT2D eigenvalue weighted by Crippen LogP contribution is 2.41. The van der Waals surface area contributed by atoms with Crippen LogP contribution in [0.5, 0.6) is 0 Å². The molecule has 1 aromatic carbocycles. The van der Waals surface area contributed by atoms with E-state index in [4.69, 9.17) is 0 Å². The maximum atomic E-state index is 12.6. The topological polar surface area (TPSA) is 84.3 Å². The Kier molecular flexibility index (Phi) is 4.24. The molecular weight excluding hydrogens is 350 g/mol. The summed E-state index contributed by atoms with van der Waals surface area (Å²) in [5.74, 6) is 0.646. The molecule has 0 saturated carbocycles. The highest BCUT2D eigenvalue weighted by atomic mass is 32.1. The molecule has 1 aliphatic heterocycles. The standard InChI is InChI=1S/C19H19N3O3S/c1-11-2-8-14-15(10-11)26-19-17(14)18(23)20-16(21-19)9-5-12-3-6-13(7-4-12)22(24)25/h3-7,9,11,16,21H,2,8,10H2,1H3,(H,20,23)/b9-5+. The lowest BCUT2D eigenvalue weighted by Gasteiger charge is -2.24. The molecular formula is C19H19N3O3S. The first kappa shape index (κ1) is 16.8. The minimum absolute atomic E-state index is 0.0239. The van der Waals surface area contributed by atoms with Crippen LogP contribution in [0.3, 0.4) is 0 Å². The van der Waals surface area contributed by atoms with E-state index in [-0.39, 0.29) is 17.8 Å². The molecule has 0 bridgehead atoms. The summed E-state index contributed by atoms with van der Waals surface area (Å²) in [6, 6.07) is 6.32. The number of nitrogens with one attached hydrogen (secondary N) is 2. The Bertz CT molecular complexity index is 901. The molecule has 2 aliphatic rings. The fourth-order valence-electron chi connectivity index (χ4n) is 3.49. The van der Waals surface area contributed by atoms with Crippen molar-refractivity contribution in [2.75, 3.05) is 5.32 Å². The summed E-state index contributed by atoms with van der Waals surface area (Å²) < 4.78 is 0. The van der Waals surface area contributed by atoms with Crippen molar-refractivity contribution in [1.82, 2.24) is 5.32 Å². The van der Waals surface area contributed by atoms with Gasteiger partial charge in [0, 0.05) is 17.0 Å². The summed E-state index contributed by atoms with van der Waals surface area (Å²) in [5.41, 5.74) is 2.94. The van der Waals surface area contributed by atoms with E-state index < -0.39 is 4.92 Å². The number of carbonyl (C=O) groups excluding carboxylic acids is 1. The van der Waals surface area contributed by atoms with Crippen molar-refractivity contribution in [2.24, 2.45) is 5.92 Å². The Labute approximate surface area is 155 Å². The lowest BCUT2D eigenvalue weighted by atomic mass is 9.88. The van der Waals surface area contributed by atoms with Gasteiger partial charge in [0.2, 0.25) is 0 Å². The third kappa shape index (κ3) is 3.10. The van der Waals surface area contributed by atoms with Gasteiger partial charge in [-0.25, -0.2) is 0 Å². The maximum absolute atomic E-state index is 12.6. The smallest absolute Gasteiger partial charge is 0.269 e. The van der Waals surface area contributed by atoms with Gasteiger partial charge >= 0.3 is 0 Å². The van der Waals surface area contributed by atoms with Gasteiger partial charge in [0.25, 0.3) is 11.6 Å². The number of nitro benzene ring substituents is 1. The number of hydrogen-bond donors (Lipinski definition) is 2. The van der Waals surface area contributed by atoms with E-state index in [1.54, 1.807) is 23.5 Å². The minimum atomic E-state index is -0.419. The van der Waals surface area contributed by atoms with Crippen LogP contribution in [0.25, 0.3) is 6.08 Å². The SMILES string of the molecule is CC1CCc2c(sc3c2C(=O)NC(/C=C/c2ccc([N+](=O)[O-])cc2)N3)C1. The molecule has 2 N–H and O–H groups in total. The summed E-state index contributed by atoms with van der Waals surface area (Å²) >= 11 is 1.70. The summed E-state index contributed by atoms with van der Waals surface area (Å²) in [6.07, 6.45) is 6.58. The van der Waals surface area contributed by atoms with Crippen molar-refractivity contribution in [3.05, 3.63) is 62.0 Å². The number of benzene rings is 1. The minimum Gasteiger partial charge on any atom is -0.353 e. The van der Waals surface area contributed by atoms with Gasteiger partial charge in [-0.1, -0.05) is 13.0 Å². The summed E-state index contributed by atoms with van der Waals surface area (Å²) in [5, 5.41) is 18.0. The quantitative estimate of drug-likeness (QED) is 0.633. The summed E-state index contributed by atoms with van der Waals surface area (Å²) in [7, 11) is 0. The summed E-state index contributed by atoms with van der Waals surface area (Å²) in [4.78, 5) is 24.2. The van der Waals surface area contributed by atoms with Crippen LogP contribution in [0, 0.1) is 16.0 Å². The van der Waals surface area contributed by atoms with Crippen LogP contribution in [0.1, 0.15) is 39.7 Å². The number of amides is 1.